The first-order valence-corrected chi connectivity index (χ1v) is 6.24. The van der Waals surface area contributed by atoms with Gasteiger partial charge in [0, 0.05) is 0 Å². The van der Waals surface area contributed by atoms with Crippen LogP contribution in [0.3, 0.4) is 0 Å². The molecule has 0 amide bonds. The Hall–Kier alpha value is 0.780. The molecule has 0 rings (SSSR count). The summed E-state index contributed by atoms with van der Waals surface area (Å²) in [7, 11) is -8.69. The molecule has 82 valence electrons. The molecule has 0 fully saturated rings. The normalized spacial score (nSPS) is 16.9. The van der Waals surface area contributed by atoms with E-state index in [0.29, 0.717) is 0 Å². The van der Waals surface area contributed by atoms with Gasteiger partial charge in [0.05, 0.1) is 0 Å². The van der Waals surface area contributed by atoms with Crippen LogP contribution in [0.25, 0.3) is 0 Å². The van der Waals surface area contributed by atoms with Gasteiger partial charge in [0.1, 0.15) is 10.7 Å². The first-order valence-electron chi connectivity index (χ1n) is 3.24. The molecule has 0 bridgehead atoms. The Morgan fingerprint density at radius 2 is 1.14 bits per heavy atom. The van der Waals surface area contributed by atoms with Gasteiger partial charge in [0.25, 0.3) is 20.2 Å². The van der Waals surface area contributed by atoms with Crippen LogP contribution in [0.1, 0.15) is 13.8 Å². The Morgan fingerprint density at radius 3 is 1.29 bits per heavy atom. The maximum absolute atomic E-state index is 10.4. The molecule has 0 aromatic rings. The number of rotatable bonds is 4. The molecule has 2 unspecified atom stereocenters. The van der Waals surface area contributed by atoms with Crippen molar-refractivity contribution in [1.82, 2.24) is 5.32 Å². The van der Waals surface area contributed by atoms with Crippen molar-refractivity contribution in [3.05, 3.63) is 0 Å². The van der Waals surface area contributed by atoms with Crippen LogP contribution in [0.5, 0.6) is 0 Å². The van der Waals surface area contributed by atoms with Gasteiger partial charge in [0.2, 0.25) is 0 Å². The summed E-state index contributed by atoms with van der Waals surface area (Å²) in [6.45, 7) is 2.11. The molecule has 0 radical (unpaired) electrons. The average molecular weight is 257 g/mol. The summed E-state index contributed by atoms with van der Waals surface area (Å²) in [5.74, 6) is 0. The van der Waals surface area contributed by atoms with E-state index in [0.717, 1.165) is 13.8 Å². The molecular weight excluding hydrogens is 245 g/mol. The molecule has 0 aliphatic rings. The Balaban J connectivity index is 0. The van der Waals surface area contributed by atoms with Crippen LogP contribution in [0.15, 0.2) is 0 Å². The minimum atomic E-state index is -4.34. The van der Waals surface area contributed by atoms with Gasteiger partial charge < -0.3 is 0 Å². The first kappa shape index (κ1) is 17.2. The topological polar surface area (TPSA) is 121 Å². The molecule has 3 N–H and O–H groups in total. The molecular formula is C4H12NNaO6S2. The van der Waals surface area contributed by atoms with Gasteiger partial charge in [-0.15, -0.1) is 0 Å². The van der Waals surface area contributed by atoms with Crippen LogP contribution in [0.4, 0.5) is 0 Å². The van der Waals surface area contributed by atoms with Gasteiger partial charge >= 0.3 is 29.6 Å². The molecule has 0 saturated heterocycles. The zero-order valence-electron chi connectivity index (χ0n) is 7.00. The third-order valence-electron chi connectivity index (χ3n) is 1.36. The molecule has 0 spiro atoms. The monoisotopic (exact) mass is 257 g/mol. The van der Waals surface area contributed by atoms with Crippen molar-refractivity contribution in [3.8, 4) is 0 Å². The van der Waals surface area contributed by atoms with Crippen molar-refractivity contribution >= 4 is 49.8 Å². The van der Waals surface area contributed by atoms with E-state index in [9.17, 15) is 16.8 Å². The number of hydrogen-bond donors (Lipinski definition) is 3. The Bertz CT molecular complexity index is 325. The molecule has 0 aliphatic carbocycles. The van der Waals surface area contributed by atoms with E-state index in [1.54, 1.807) is 0 Å². The van der Waals surface area contributed by atoms with Crippen LogP contribution in [0.2, 0.25) is 0 Å². The van der Waals surface area contributed by atoms with Gasteiger partial charge in [-0.3, -0.25) is 14.4 Å². The third-order valence-corrected chi connectivity index (χ3v) is 3.42. The zero-order chi connectivity index (χ0) is 10.9. The summed E-state index contributed by atoms with van der Waals surface area (Å²) in [5, 5.41) is -0.925. The van der Waals surface area contributed by atoms with Crippen molar-refractivity contribution in [2.45, 2.75) is 24.6 Å². The van der Waals surface area contributed by atoms with E-state index in [2.05, 4.69) is 0 Å². The van der Waals surface area contributed by atoms with Crippen molar-refractivity contribution in [1.29, 1.82) is 0 Å². The quantitative estimate of drug-likeness (QED) is 0.409. The number of nitrogens with one attached hydrogen (secondary N) is 1. The predicted octanol–water partition coefficient (Wildman–Crippen LogP) is -1.60. The summed E-state index contributed by atoms with van der Waals surface area (Å²) >= 11 is 0. The third kappa shape index (κ3) is 6.30. The van der Waals surface area contributed by atoms with E-state index in [1.807, 2.05) is 5.32 Å². The first-order chi connectivity index (χ1) is 5.55. The molecule has 0 aliphatic heterocycles. The van der Waals surface area contributed by atoms with E-state index >= 15 is 0 Å². The number of hydrogen-bond acceptors (Lipinski definition) is 5. The molecule has 14 heavy (non-hydrogen) atoms. The van der Waals surface area contributed by atoms with E-state index in [-0.39, 0.29) is 29.6 Å². The molecule has 0 heterocycles. The van der Waals surface area contributed by atoms with Crippen LogP contribution in [-0.4, -0.2) is 66.2 Å². The van der Waals surface area contributed by atoms with Gasteiger partial charge in [0.15, 0.2) is 0 Å². The molecule has 2 atom stereocenters. The summed E-state index contributed by atoms with van der Waals surface area (Å²) in [5.41, 5.74) is 0. The summed E-state index contributed by atoms with van der Waals surface area (Å²) in [6, 6.07) is 0. The van der Waals surface area contributed by atoms with E-state index < -0.39 is 31.0 Å². The fraction of sp³-hybridized carbons (Fsp3) is 1.00. The maximum atomic E-state index is 10.4. The predicted molar refractivity (Wildman–Crippen MR) is 52.3 cm³/mol. The second-order valence-electron chi connectivity index (χ2n) is 2.48. The van der Waals surface area contributed by atoms with Crippen LogP contribution in [-0.2, 0) is 20.2 Å². The van der Waals surface area contributed by atoms with Crippen molar-refractivity contribution < 1.29 is 25.9 Å². The van der Waals surface area contributed by atoms with E-state index in [1.165, 1.54) is 0 Å². The molecule has 0 saturated carbocycles. The van der Waals surface area contributed by atoms with E-state index in [4.69, 9.17) is 9.11 Å². The van der Waals surface area contributed by atoms with Gasteiger partial charge in [-0.05, 0) is 13.8 Å². The molecule has 0 aromatic heterocycles. The summed E-state index contributed by atoms with van der Waals surface area (Å²) < 4.78 is 58.5. The van der Waals surface area contributed by atoms with Gasteiger partial charge in [-0.25, -0.2) is 0 Å². The molecule has 10 heteroatoms. The SMILES string of the molecule is CC(NC(C)S(=O)(=O)O)S(=O)(=O)O.[NaH]. The zero-order valence-corrected chi connectivity index (χ0v) is 8.63. The fourth-order valence-electron chi connectivity index (χ4n) is 0.502. The van der Waals surface area contributed by atoms with Crippen molar-refractivity contribution in [2.75, 3.05) is 0 Å². The van der Waals surface area contributed by atoms with Crippen molar-refractivity contribution in [3.63, 3.8) is 0 Å². The fourth-order valence-corrected chi connectivity index (χ4v) is 1.34. The summed E-state index contributed by atoms with van der Waals surface area (Å²) in [4.78, 5) is 0. The second kappa shape index (κ2) is 5.75. The van der Waals surface area contributed by atoms with Crippen LogP contribution < -0.4 is 5.32 Å². The summed E-state index contributed by atoms with van der Waals surface area (Å²) in [6.07, 6.45) is 0. The minimum absolute atomic E-state index is 0. The Labute approximate surface area is 105 Å². The van der Waals surface area contributed by atoms with Gasteiger partial charge in [-0.2, -0.15) is 16.8 Å². The Kier molecular flexibility index (Phi) is 7.06. The van der Waals surface area contributed by atoms with Crippen LogP contribution in [0, 0.1) is 0 Å². The molecule has 0 aromatic carbocycles. The van der Waals surface area contributed by atoms with Crippen LogP contribution >= 0.6 is 0 Å². The van der Waals surface area contributed by atoms with Gasteiger partial charge in [-0.1, -0.05) is 0 Å². The standard InChI is InChI=1S/C4H11NO6S2.Na.H/c1-3(12(6,7)8)5-4(2)13(9,10)11;;/h3-5H,1-2H3,(H,6,7,8)(H,9,10,11);;. The molecule has 7 nitrogen and oxygen atoms in total. The average Bonchev–Trinajstić information content (AvgIpc) is 1.82. The second-order valence-corrected chi connectivity index (χ2v) is 5.96. The Morgan fingerprint density at radius 1 is 0.929 bits per heavy atom. The van der Waals surface area contributed by atoms with Crippen molar-refractivity contribution in [2.24, 2.45) is 0 Å².